The summed E-state index contributed by atoms with van der Waals surface area (Å²) in [5.74, 6) is -0.755. The van der Waals surface area contributed by atoms with Crippen molar-refractivity contribution in [1.82, 2.24) is 10.6 Å². The van der Waals surface area contributed by atoms with E-state index in [0.29, 0.717) is 23.6 Å². The molecule has 0 spiro atoms. The van der Waals surface area contributed by atoms with E-state index in [2.05, 4.69) is 10.6 Å². The molecule has 0 saturated heterocycles. The van der Waals surface area contributed by atoms with Crippen molar-refractivity contribution in [2.45, 2.75) is 33.2 Å². The molecule has 9 nitrogen and oxygen atoms in total. The average molecular weight is 363 g/mol. The molecule has 26 heavy (non-hydrogen) atoms. The Labute approximate surface area is 150 Å². The van der Waals surface area contributed by atoms with Crippen molar-refractivity contribution in [3.63, 3.8) is 0 Å². The van der Waals surface area contributed by atoms with Crippen molar-refractivity contribution in [3.05, 3.63) is 45.1 Å². The van der Waals surface area contributed by atoms with Crippen molar-refractivity contribution in [3.8, 4) is 5.75 Å². The molecule has 0 aromatic heterocycles. The topological polar surface area (TPSA) is 131 Å². The van der Waals surface area contributed by atoms with Crippen LogP contribution in [-0.4, -0.2) is 28.6 Å². The van der Waals surface area contributed by atoms with Gasteiger partial charge in [-0.3, -0.25) is 10.1 Å². The Hall–Kier alpha value is -3.10. The van der Waals surface area contributed by atoms with Crippen LogP contribution in [0, 0.1) is 16.0 Å². The predicted molar refractivity (Wildman–Crippen MR) is 92.3 cm³/mol. The van der Waals surface area contributed by atoms with E-state index in [-0.39, 0.29) is 12.2 Å². The number of phenols is 1. The highest BCUT2D eigenvalue weighted by atomic mass is 16.6. The lowest BCUT2D eigenvalue weighted by Crippen LogP contribution is -2.45. The number of hydrogen-bond acceptors (Lipinski definition) is 6. The van der Waals surface area contributed by atoms with Gasteiger partial charge in [0.25, 0.3) is 0 Å². The normalized spacial score (nSPS) is 16.9. The molecular weight excluding hydrogens is 342 g/mol. The minimum absolute atomic E-state index is 0.161. The number of carbonyl (C=O) groups excluding carboxylic acids is 2. The van der Waals surface area contributed by atoms with Gasteiger partial charge >= 0.3 is 17.7 Å². The molecule has 0 fully saturated rings. The highest BCUT2D eigenvalue weighted by Crippen LogP contribution is 2.33. The van der Waals surface area contributed by atoms with Crippen LogP contribution in [0.2, 0.25) is 0 Å². The van der Waals surface area contributed by atoms with E-state index >= 15 is 0 Å². The molecule has 0 unspecified atom stereocenters. The number of ether oxygens (including phenoxy) is 1. The van der Waals surface area contributed by atoms with Gasteiger partial charge in [-0.1, -0.05) is 19.9 Å². The number of urea groups is 1. The van der Waals surface area contributed by atoms with Gasteiger partial charge in [-0.05, 0) is 30.9 Å². The Morgan fingerprint density at radius 3 is 2.73 bits per heavy atom. The number of rotatable bonds is 6. The zero-order valence-corrected chi connectivity index (χ0v) is 14.7. The molecule has 0 bridgehead atoms. The van der Waals surface area contributed by atoms with Crippen LogP contribution < -0.4 is 10.6 Å². The van der Waals surface area contributed by atoms with E-state index in [4.69, 9.17) is 4.74 Å². The van der Waals surface area contributed by atoms with E-state index < -0.39 is 34.4 Å². The summed E-state index contributed by atoms with van der Waals surface area (Å²) in [5.41, 5.74) is 0.248. The van der Waals surface area contributed by atoms with Crippen molar-refractivity contribution < 1.29 is 24.4 Å². The van der Waals surface area contributed by atoms with Crippen molar-refractivity contribution in [2.24, 2.45) is 5.92 Å². The molecule has 9 heteroatoms. The van der Waals surface area contributed by atoms with E-state index in [1.54, 1.807) is 6.92 Å². The molecule has 1 aromatic rings. The standard InChI is InChI=1S/C17H21N3O6/c1-9(2)6-7-26-16(22)14-10(3)18-17(23)19-15(14)11-4-5-13(21)12(8-11)20(24)25/h4-5,8-9,15,21H,6-7H2,1-3H3,(H2,18,19,23)/t15-/m1/s1. The number of nitrogens with one attached hydrogen (secondary N) is 2. The predicted octanol–water partition coefficient (Wildman–Crippen LogP) is 2.52. The molecule has 2 rings (SSSR count). The summed E-state index contributed by atoms with van der Waals surface area (Å²) in [6.45, 7) is 5.78. The number of nitro benzene ring substituents is 1. The molecule has 140 valence electrons. The van der Waals surface area contributed by atoms with E-state index in [1.165, 1.54) is 6.07 Å². The number of nitrogens with zero attached hydrogens (tertiary/aromatic N) is 1. The summed E-state index contributed by atoms with van der Waals surface area (Å²) < 4.78 is 5.28. The van der Waals surface area contributed by atoms with Gasteiger partial charge in [0.05, 0.1) is 23.1 Å². The number of hydrogen-bond donors (Lipinski definition) is 3. The van der Waals surface area contributed by atoms with Gasteiger partial charge < -0.3 is 20.5 Å². The first-order valence-corrected chi connectivity index (χ1v) is 8.13. The number of allylic oxidation sites excluding steroid dienone is 1. The molecule has 1 atom stereocenters. The molecule has 1 aliphatic heterocycles. The molecule has 0 aliphatic carbocycles. The number of esters is 1. The van der Waals surface area contributed by atoms with Gasteiger partial charge in [-0.25, -0.2) is 9.59 Å². The highest BCUT2D eigenvalue weighted by Gasteiger charge is 2.33. The summed E-state index contributed by atoms with van der Waals surface area (Å²) in [7, 11) is 0. The van der Waals surface area contributed by atoms with E-state index in [9.17, 15) is 24.8 Å². The van der Waals surface area contributed by atoms with Gasteiger partial charge in [0.2, 0.25) is 0 Å². The molecular formula is C17H21N3O6. The van der Waals surface area contributed by atoms with Crippen LogP contribution in [-0.2, 0) is 9.53 Å². The summed E-state index contributed by atoms with van der Waals surface area (Å²) in [6, 6.07) is 2.23. The second kappa shape index (κ2) is 7.85. The molecule has 0 radical (unpaired) electrons. The van der Waals surface area contributed by atoms with Crippen molar-refractivity contribution in [2.75, 3.05) is 6.61 Å². The maximum Gasteiger partial charge on any atom is 0.338 e. The van der Waals surface area contributed by atoms with Crippen LogP contribution in [0.25, 0.3) is 0 Å². The lowest BCUT2D eigenvalue weighted by molar-refractivity contribution is -0.385. The first-order chi connectivity index (χ1) is 12.2. The lowest BCUT2D eigenvalue weighted by Gasteiger charge is -2.28. The fraction of sp³-hybridized carbons (Fsp3) is 0.412. The Balaban J connectivity index is 2.36. The second-order valence-electron chi connectivity index (χ2n) is 6.39. The zero-order valence-electron chi connectivity index (χ0n) is 14.7. The third-order valence-corrected chi connectivity index (χ3v) is 3.95. The maximum absolute atomic E-state index is 12.5. The fourth-order valence-corrected chi connectivity index (χ4v) is 2.55. The second-order valence-corrected chi connectivity index (χ2v) is 6.39. The van der Waals surface area contributed by atoms with E-state index in [1.807, 2.05) is 13.8 Å². The quantitative estimate of drug-likeness (QED) is 0.404. The first-order valence-electron chi connectivity index (χ1n) is 8.13. The largest absolute Gasteiger partial charge is 0.502 e. The Bertz CT molecular complexity index is 772. The number of benzene rings is 1. The van der Waals surface area contributed by atoms with Crippen molar-refractivity contribution >= 4 is 17.7 Å². The number of nitro groups is 1. The van der Waals surface area contributed by atoms with Crippen LogP contribution in [0.5, 0.6) is 5.75 Å². The lowest BCUT2D eigenvalue weighted by atomic mass is 9.95. The van der Waals surface area contributed by atoms with Gasteiger partial charge in [0.15, 0.2) is 5.75 Å². The fourth-order valence-electron chi connectivity index (χ4n) is 2.55. The van der Waals surface area contributed by atoms with Crippen LogP contribution in [0.4, 0.5) is 10.5 Å². The van der Waals surface area contributed by atoms with Gasteiger partial charge in [-0.15, -0.1) is 0 Å². The van der Waals surface area contributed by atoms with Crippen LogP contribution in [0.3, 0.4) is 0 Å². The monoisotopic (exact) mass is 363 g/mol. The third kappa shape index (κ3) is 4.29. The Kier molecular flexibility index (Phi) is 5.81. The van der Waals surface area contributed by atoms with Gasteiger partial charge in [0, 0.05) is 11.8 Å². The molecule has 1 aliphatic rings. The maximum atomic E-state index is 12.5. The smallest absolute Gasteiger partial charge is 0.338 e. The minimum Gasteiger partial charge on any atom is -0.502 e. The Morgan fingerprint density at radius 1 is 1.42 bits per heavy atom. The van der Waals surface area contributed by atoms with E-state index in [0.717, 1.165) is 12.1 Å². The molecule has 1 heterocycles. The average Bonchev–Trinajstić information content (AvgIpc) is 2.53. The van der Waals surface area contributed by atoms with Crippen LogP contribution in [0.1, 0.15) is 38.8 Å². The molecule has 0 saturated carbocycles. The van der Waals surface area contributed by atoms with Crippen LogP contribution in [0.15, 0.2) is 29.5 Å². The summed E-state index contributed by atoms with van der Waals surface area (Å²) in [6.07, 6.45) is 0.688. The third-order valence-electron chi connectivity index (χ3n) is 3.95. The molecule has 1 aromatic carbocycles. The highest BCUT2D eigenvalue weighted by molar-refractivity contribution is 5.95. The number of phenolic OH excluding ortho intramolecular Hbond substituents is 1. The van der Waals surface area contributed by atoms with Crippen molar-refractivity contribution in [1.29, 1.82) is 0 Å². The van der Waals surface area contributed by atoms with Gasteiger partial charge in [0.1, 0.15) is 0 Å². The molecule has 2 amide bonds. The number of aromatic hydroxyl groups is 1. The summed E-state index contributed by atoms with van der Waals surface area (Å²) in [5, 5.41) is 25.7. The molecule has 3 N–H and O–H groups in total. The SMILES string of the molecule is CC1=C(C(=O)OCCC(C)C)[C@@H](c2ccc(O)c([N+](=O)[O-])c2)NC(=O)N1. The van der Waals surface area contributed by atoms with Gasteiger partial charge in [-0.2, -0.15) is 0 Å². The minimum atomic E-state index is -0.922. The van der Waals surface area contributed by atoms with Crippen LogP contribution >= 0.6 is 0 Å². The Morgan fingerprint density at radius 2 is 2.12 bits per heavy atom. The summed E-state index contributed by atoms with van der Waals surface area (Å²) >= 11 is 0. The number of carbonyl (C=O) groups is 2. The first kappa shape index (κ1) is 19.2. The summed E-state index contributed by atoms with van der Waals surface area (Å²) in [4.78, 5) is 34.6. The number of amides is 2. The zero-order chi connectivity index (χ0) is 19.4.